The first kappa shape index (κ1) is 16.7. The van der Waals surface area contributed by atoms with Gasteiger partial charge in [-0.25, -0.2) is 0 Å². The third kappa shape index (κ3) is 3.24. The molecule has 1 saturated heterocycles. The Morgan fingerprint density at radius 3 is 2.55 bits per heavy atom. The van der Waals surface area contributed by atoms with Crippen LogP contribution in [0.25, 0.3) is 0 Å². The molecule has 1 aliphatic rings. The lowest BCUT2D eigenvalue weighted by atomic mass is 9.77. The predicted molar refractivity (Wildman–Crippen MR) is 74.2 cm³/mol. The highest BCUT2D eigenvalue weighted by Crippen LogP contribution is 2.36. The number of aliphatic hydroxyl groups is 1. The van der Waals surface area contributed by atoms with Crippen LogP contribution < -0.4 is 0 Å². The van der Waals surface area contributed by atoms with Gasteiger partial charge in [-0.2, -0.15) is 13.2 Å². The van der Waals surface area contributed by atoms with E-state index in [0.29, 0.717) is 25.9 Å². The highest BCUT2D eigenvalue weighted by molar-refractivity contribution is 5.94. The van der Waals surface area contributed by atoms with Crippen LogP contribution >= 0.6 is 0 Å². The number of likely N-dealkylation sites (tertiary alicyclic amines) is 1. The Bertz CT molecular complexity index is 532. The molecule has 1 aromatic rings. The number of amides is 1. The highest BCUT2D eigenvalue weighted by Gasteiger charge is 2.39. The number of nitrogens with zero attached hydrogens (tertiary/aromatic N) is 2. The van der Waals surface area contributed by atoms with E-state index in [-0.39, 0.29) is 12.0 Å². The summed E-state index contributed by atoms with van der Waals surface area (Å²) in [5.41, 5.74) is -1.79. The highest BCUT2D eigenvalue weighted by atomic mass is 19.4. The molecule has 1 N–H and O–H groups in total. The summed E-state index contributed by atoms with van der Waals surface area (Å²) in [6.45, 7) is 2.67. The minimum atomic E-state index is -4.60. The Hall–Kier alpha value is -1.63. The van der Waals surface area contributed by atoms with Crippen molar-refractivity contribution in [2.24, 2.45) is 5.41 Å². The summed E-state index contributed by atoms with van der Waals surface area (Å²) in [4.78, 5) is 17.4. The molecule has 2 heterocycles. The Labute approximate surface area is 127 Å². The molecule has 122 valence electrons. The molecule has 22 heavy (non-hydrogen) atoms. The summed E-state index contributed by atoms with van der Waals surface area (Å²) in [6.07, 6.45) is -1.47. The van der Waals surface area contributed by atoms with Crippen molar-refractivity contribution in [1.82, 2.24) is 9.88 Å². The lowest BCUT2D eigenvalue weighted by Crippen LogP contribution is -2.45. The van der Waals surface area contributed by atoms with Crippen molar-refractivity contribution >= 4 is 5.91 Å². The number of alkyl halides is 3. The molecule has 0 bridgehead atoms. The van der Waals surface area contributed by atoms with Gasteiger partial charge >= 0.3 is 6.18 Å². The number of carbonyl (C=O) groups is 1. The van der Waals surface area contributed by atoms with Crippen LogP contribution in [0.3, 0.4) is 0 Å². The van der Waals surface area contributed by atoms with Crippen LogP contribution in [0.5, 0.6) is 0 Å². The minimum absolute atomic E-state index is 0.0307. The fourth-order valence-electron chi connectivity index (χ4n) is 2.76. The van der Waals surface area contributed by atoms with Crippen LogP contribution in [0.2, 0.25) is 0 Å². The maximum atomic E-state index is 13.0. The van der Waals surface area contributed by atoms with E-state index in [1.54, 1.807) is 0 Å². The number of aliphatic hydroxyl groups excluding tert-OH is 1. The van der Waals surface area contributed by atoms with E-state index in [1.165, 1.54) is 17.2 Å². The van der Waals surface area contributed by atoms with Crippen LogP contribution in [0.15, 0.2) is 18.3 Å². The van der Waals surface area contributed by atoms with Gasteiger partial charge in [-0.15, -0.1) is 0 Å². The van der Waals surface area contributed by atoms with Crippen molar-refractivity contribution in [2.45, 2.75) is 32.4 Å². The van der Waals surface area contributed by atoms with Crippen LogP contribution in [-0.4, -0.2) is 40.6 Å². The smallest absolute Gasteiger partial charge is 0.396 e. The first-order chi connectivity index (χ1) is 10.3. The van der Waals surface area contributed by atoms with E-state index < -0.39 is 23.3 Å². The van der Waals surface area contributed by atoms with E-state index in [1.807, 2.05) is 6.92 Å². The number of aromatic nitrogens is 1. The Morgan fingerprint density at radius 1 is 1.41 bits per heavy atom. The average Bonchev–Trinajstić information content (AvgIpc) is 2.53. The van der Waals surface area contributed by atoms with Gasteiger partial charge in [-0.05, 0) is 36.8 Å². The number of halogens is 3. The summed E-state index contributed by atoms with van der Waals surface area (Å²) < 4.78 is 38.9. The van der Waals surface area contributed by atoms with Crippen molar-refractivity contribution in [3.8, 4) is 0 Å². The van der Waals surface area contributed by atoms with Crippen LogP contribution in [-0.2, 0) is 6.18 Å². The molecule has 0 aromatic carbocycles. The average molecular weight is 316 g/mol. The monoisotopic (exact) mass is 316 g/mol. The van der Waals surface area contributed by atoms with Gasteiger partial charge in [0.2, 0.25) is 0 Å². The quantitative estimate of drug-likeness (QED) is 0.933. The van der Waals surface area contributed by atoms with E-state index in [2.05, 4.69) is 4.98 Å². The Kier molecular flexibility index (Phi) is 4.75. The van der Waals surface area contributed by atoms with Gasteiger partial charge in [-0.3, -0.25) is 9.78 Å². The molecule has 7 heteroatoms. The van der Waals surface area contributed by atoms with Gasteiger partial charge in [-0.1, -0.05) is 6.92 Å². The van der Waals surface area contributed by atoms with Crippen LogP contribution in [0, 0.1) is 5.41 Å². The second kappa shape index (κ2) is 6.24. The van der Waals surface area contributed by atoms with E-state index in [0.717, 1.165) is 12.5 Å². The number of pyridine rings is 1. The van der Waals surface area contributed by atoms with Gasteiger partial charge in [0.05, 0.1) is 5.56 Å². The topological polar surface area (TPSA) is 53.4 Å². The molecular weight excluding hydrogens is 297 g/mol. The largest absolute Gasteiger partial charge is 0.418 e. The fraction of sp³-hybridized carbons (Fsp3) is 0.600. The second-order valence-corrected chi connectivity index (χ2v) is 5.70. The zero-order valence-electron chi connectivity index (χ0n) is 12.4. The third-order valence-corrected chi connectivity index (χ3v) is 4.51. The van der Waals surface area contributed by atoms with Crippen LogP contribution in [0.4, 0.5) is 13.2 Å². The van der Waals surface area contributed by atoms with Gasteiger partial charge in [0.25, 0.3) is 5.91 Å². The number of hydrogen-bond acceptors (Lipinski definition) is 3. The summed E-state index contributed by atoms with van der Waals surface area (Å²) in [5.74, 6) is -0.699. The van der Waals surface area contributed by atoms with Gasteiger partial charge < -0.3 is 10.0 Å². The number of rotatable bonds is 3. The molecule has 0 unspecified atom stereocenters. The molecule has 1 aliphatic heterocycles. The summed E-state index contributed by atoms with van der Waals surface area (Å²) in [5, 5.41) is 9.47. The zero-order chi connectivity index (χ0) is 16.4. The van der Waals surface area contributed by atoms with Crippen LogP contribution in [0.1, 0.15) is 42.2 Å². The number of piperidine rings is 1. The molecule has 2 rings (SSSR count). The molecule has 0 spiro atoms. The lowest BCUT2D eigenvalue weighted by molar-refractivity contribution is -0.138. The van der Waals surface area contributed by atoms with Crippen molar-refractivity contribution in [1.29, 1.82) is 0 Å². The van der Waals surface area contributed by atoms with Gasteiger partial charge in [0.15, 0.2) is 0 Å². The van der Waals surface area contributed by atoms with Gasteiger partial charge in [0.1, 0.15) is 5.69 Å². The number of hydrogen-bond donors (Lipinski definition) is 1. The lowest BCUT2D eigenvalue weighted by Gasteiger charge is -2.40. The fourth-order valence-corrected chi connectivity index (χ4v) is 2.76. The van der Waals surface area contributed by atoms with Gasteiger partial charge in [0, 0.05) is 25.9 Å². The molecule has 1 fully saturated rings. The second-order valence-electron chi connectivity index (χ2n) is 5.70. The summed E-state index contributed by atoms with van der Waals surface area (Å²) in [6, 6.07) is 2.04. The summed E-state index contributed by atoms with van der Waals surface area (Å²) >= 11 is 0. The van der Waals surface area contributed by atoms with E-state index >= 15 is 0 Å². The van der Waals surface area contributed by atoms with Crippen molar-refractivity contribution in [2.75, 3.05) is 19.7 Å². The molecule has 0 atom stereocenters. The first-order valence-corrected chi connectivity index (χ1v) is 7.25. The number of carbonyl (C=O) groups excluding carboxylic acids is 1. The molecule has 0 aliphatic carbocycles. The van der Waals surface area contributed by atoms with E-state index in [4.69, 9.17) is 0 Å². The molecule has 4 nitrogen and oxygen atoms in total. The summed E-state index contributed by atoms with van der Waals surface area (Å²) in [7, 11) is 0. The van der Waals surface area contributed by atoms with Crippen molar-refractivity contribution in [3.63, 3.8) is 0 Å². The van der Waals surface area contributed by atoms with Crippen molar-refractivity contribution in [3.05, 3.63) is 29.6 Å². The molecule has 0 radical (unpaired) electrons. The minimum Gasteiger partial charge on any atom is -0.396 e. The molecular formula is C15H19F3N2O2. The zero-order valence-corrected chi connectivity index (χ0v) is 12.4. The Morgan fingerprint density at radius 2 is 2.05 bits per heavy atom. The molecule has 1 aromatic heterocycles. The first-order valence-electron chi connectivity index (χ1n) is 7.25. The molecule has 0 saturated carbocycles. The SMILES string of the molecule is CCC1(CO)CCN(C(=O)c2ncccc2C(F)(F)F)CC1. The van der Waals surface area contributed by atoms with E-state index in [9.17, 15) is 23.1 Å². The third-order valence-electron chi connectivity index (χ3n) is 4.51. The predicted octanol–water partition coefficient (Wildman–Crippen LogP) is 2.73. The normalized spacial score (nSPS) is 18.3. The standard InChI is InChI=1S/C15H19F3N2O2/c1-2-14(10-21)5-8-20(9-6-14)13(22)12-11(15(16,17)18)4-3-7-19-12/h3-4,7,21H,2,5-6,8-10H2,1H3. The molecule has 1 amide bonds. The van der Waals surface area contributed by atoms with Crippen molar-refractivity contribution < 1.29 is 23.1 Å². The Balaban J connectivity index is 2.18. The maximum absolute atomic E-state index is 13.0. The maximum Gasteiger partial charge on any atom is 0.418 e.